The second kappa shape index (κ2) is 3.01. The molecule has 0 bridgehead atoms. The van der Waals surface area contributed by atoms with Gasteiger partial charge in [-0.25, -0.2) is 0 Å². The summed E-state index contributed by atoms with van der Waals surface area (Å²) in [5.74, 6) is 0. The van der Waals surface area contributed by atoms with Gasteiger partial charge in [-0.05, 0) is 25.0 Å². The predicted octanol–water partition coefficient (Wildman–Crippen LogP) is 3.66. The fourth-order valence-electron chi connectivity index (χ4n) is 1.50. The third-order valence-corrected chi connectivity index (χ3v) is 3.38. The van der Waals surface area contributed by atoms with E-state index in [2.05, 4.69) is 22.0 Å². The highest BCUT2D eigenvalue weighted by Crippen LogP contribution is 2.52. The van der Waals surface area contributed by atoms with Crippen LogP contribution in [0, 0.1) is 11.3 Å². The number of halogens is 2. The van der Waals surface area contributed by atoms with Crippen LogP contribution in [0.4, 0.5) is 0 Å². The summed E-state index contributed by atoms with van der Waals surface area (Å²) in [5.41, 5.74) is 0.649. The van der Waals surface area contributed by atoms with Gasteiger partial charge in [0.15, 0.2) is 0 Å². The molecule has 0 heterocycles. The molecule has 0 unspecified atom stereocenters. The van der Waals surface area contributed by atoms with Crippen molar-refractivity contribution in [2.24, 2.45) is 0 Å². The molecule has 0 spiro atoms. The zero-order chi connectivity index (χ0) is 9.47. The molecule has 0 N–H and O–H groups in total. The van der Waals surface area contributed by atoms with E-state index in [0.29, 0.717) is 5.02 Å². The van der Waals surface area contributed by atoms with Crippen molar-refractivity contribution in [2.75, 3.05) is 0 Å². The number of benzene rings is 1. The average Bonchev–Trinajstić information content (AvgIpc) is 2.85. The molecule has 0 amide bonds. The Kier molecular flexibility index (Phi) is 2.09. The molecule has 66 valence electrons. The molecule has 1 aliphatic carbocycles. The maximum Gasteiger partial charge on any atom is 0.0849 e. The van der Waals surface area contributed by atoms with E-state index in [1.807, 2.05) is 18.2 Å². The first-order valence-corrected chi connectivity index (χ1v) is 5.22. The molecule has 3 heteroatoms. The monoisotopic (exact) mass is 255 g/mol. The van der Waals surface area contributed by atoms with Gasteiger partial charge < -0.3 is 0 Å². The van der Waals surface area contributed by atoms with Crippen LogP contribution >= 0.6 is 27.5 Å². The van der Waals surface area contributed by atoms with Crippen LogP contribution in [0.25, 0.3) is 0 Å². The van der Waals surface area contributed by atoms with Crippen molar-refractivity contribution in [3.8, 4) is 6.07 Å². The van der Waals surface area contributed by atoms with E-state index < -0.39 is 0 Å². The van der Waals surface area contributed by atoms with Gasteiger partial charge in [0, 0.05) is 15.1 Å². The van der Waals surface area contributed by atoms with E-state index in [4.69, 9.17) is 16.9 Å². The van der Waals surface area contributed by atoms with Gasteiger partial charge in [-0.15, -0.1) is 0 Å². The lowest BCUT2D eigenvalue weighted by Crippen LogP contribution is -2.04. The molecule has 0 aliphatic heterocycles. The molecular weight excluding hydrogens is 249 g/mol. The Morgan fingerprint density at radius 3 is 2.62 bits per heavy atom. The van der Waals surface area contributed by atoms with Gasteiger partial charge in [0.1, 0.15) is 0 Å². The molecule has 2 rings (SSSR count). The lowest BCUT2D eigenvalue weighted by atomic mass is 9.98. The molecular formula is C10H7BrClN. The Labute approximate surface area is 90.4 Å². The Morgan fingerprint density at radius 1 is 1.46 bits per heavy atom. The Morgan fingerprint density at radius 2 is 2.15 bits per heavy atom. The lowest BCUT2D eigenvalue weighted by molar-refractivity contribution is 0.902. The number of nitriles is 1. The molecule has 1 nitrogen and oxygen atoms in total. The van der Waals surface area contributed by atoms with E-state index in [9.17, 15) is 0 Å². The summed E-state index contributed by atoms with van der Waals surface area (Å²) < 4.78 is 0.944. The third kappa shape index (κ3) is 1.37. The van der Waals surface area contributed by atoms with Crippen molar-refractivity contribution < 1.29 is 0 Å². The number of hydrogen-bond donors (Lipinski definition) is 0. The van der Waals surface area contributed by atoms with Crippen molar-refractivity contribution in [1.29, 1.82) is 5.26 Å². The first-order valence-electron chi connectivity index (χ1n) is 4.05. The van der Waals surface area contributed by atoms with Crippen molar-refractivity contribution in [3.63, 3.8) is 0 Å². The smallest absolute Gasteiger partial charge is 0.0849 e. The van der Waals surface area contributed by atoms with E-state index in [1.54, 1.807) is 0 Å². The normalized spacial score (nSPS) is 17.9. The zero-order valence-corrected chi connectivity index (χ0v) is 9.19. The Balaban J connectivity index is 2.58. The molecule has 0 saturated heterocycles. The highest BCUT2D eigenvalue weighted by Gasteiger charge is 2.47. The summed E-state index contributed by atoms with van der Waals surface area (Å²) in [6.45, 7) is 0. The van der Waals surface area contributed by atoms with Crippen LogP contribution in [0.2, 0.25) is 5.02 Å². The van der Waals surface area contributed by atoms with Crippen LogP contribution in [0.1, 0.15) is 18.4 Å². The fourth-order valence-corrected chi connectivity index (χ4v) is 2.71. The summed E-state index contributed by atoms with van der Waals surface area (Å²) in [4.78, 5) is 0. The van der Waals surface area contributed by atoms with Crippen LogP contribution in [-0.4, -0.2) is 0 Å². The van der Waals surface area contributed by atoms with Crippen molar-refractivity contribution in [2.45, 2.75) is 18.3 Å². The summed E-state index contributed by atoms with van der Waals surface area (Å²) in [7, 11) is 0. The summed E-state index contributed by atoms with van der Waals surface area (Å²) in [6, 6.07) is 7.98. The van der Waals surface area contributed by atoms with Crippen LogP contribution in [0.3, 0.4) is 0 Å². The summed E-state index contributed by atoms with van der Waals surface area (Å²) >= 11 is 9.48. The van der Waals surface area contributed by atoms with Crippen LogP contribution in [0.5, 0.6) is 0 Å². The molecule has 1 aromatic carbocycles. The lowest BCUT2D eigenvalue weighted by Gasteiger charge is -2.10. The van der Waals surface area contributed by atoms with Crippen LogP contribution in [-0.2, 0) is 5.41 Å². The second-order valence-electron chi connectivity index (χ2n) is 3.29. The number of nitrogens with zero attached hydrogens (tertiary/aromatic N) is 1. The molecule has 13 heavy (non-hydrogen) atoms. The van der Waals surface area contributed by atoms with Gasteiger partial charge in [0.25, 0.3) is 0 Å². The Bertz CT molecular complexity index is 370. The van der Waals surface area contributed by atoms with Crippen molar-refractivity contribution in [3.05, 3.63) is 33.3 Å². The highest BCUT2D eigenvalue weighted by molar-refractivity contribution is 9.10. The maximum atomic E-state index is 9.03. The quantitative estimate of drug-likeness (QED) is 0.752. The molecule has 0 radical (unpaired) electrons. The zero-order valence-electron chi connectivity index (χ0n) is 6.85. The first kappa shape index (κ1) is 9.05. The van der Waals surface area contributed by atoms with Gasteiger partial charge >= 0.3 is 0 Å². The summed E-state index contributed by atoms with van der Waals surface area (Å²) in [6.07, 6.45) is 1.84. The average molecular weight is 257 g/mol. The van der Waals surface area contributed by atoms with Gasteiger partial charge in [0.05, 0.1) is 11.5 Å². The van der Waals surface area contributed by atoms with Gasteiger partial charge in [-0.1, -0.05) is 33.6 Å². The standard InChI is InChI=1S/C10H7BrClN/c11-7-2-1-3-8(12)9(7)10(6-13)4-5-10/h1-3H,4-5H2. The second-order valence-corrected chi connectivity index (χ2v) is 4.55. The largest absolute Gasteiger partial charge is 0.197 e. The minimum atomic E-state index is -0.308. The summed E-state index contributed by atoms with van der Waals surface area (Å²) in [5, 5.41) is 9.72. The molecule has 1 aromatic rings. The van der Waals surface area contributed by atoms with E-state index >= 15 is 0 Å². The van der Waals surface area contributed by atoms with Crippen LogP contribution in [0.15, 0.2) is 22.7 Å². The van der Waals surface area contributed by atoms with E-state index in [1.165, 1.54) is 0 Å². The topological polar surface area (TPSA) is 23.8 Å². The first-order chi connectivity index (χ1) is 6.19. The molecule has 1 saturated carbocycles. The SMILES string of the molecule is N#CC1(c2c(Cl)cccc2Br)CC1. The van der Waals surface area contributed by atoms with Gasteiger partial charge in [-0.3, -0.25) is 0 Å². The number of rotatable bonds is 1. The Hall–Kier alpha value is -0.520. The number of hydrogen-bond acceptors (Lipinski definition) is 1. The minimum Gasteiger partial charge on any atom is -0.197 e. The minimum absolute atomic E-state index is 0.308. The molecule has 0 aromatic heterocycles. The maximum absolute atomic E-state index is 9.03. The van der Waals surface area contributed by atoms with Gasteiger partial charge in [-0.2, -0.15) is 5.26 Å². The predicted molar refractivity (Wildman–Crippen MR) is 55.7 cm³/mol. The fraction of sp³-hybridized carbons (Fsp3) is 0.300. The van der Waals surface area contributed by atoms with E-state index in [0.717, 1.165) is 22.9 Å². The van der Waals surface area contributed by atoms with Crippen LogP contribution < -0.4 is 0 Å². The third-order valence-electron chi connectivity index (χ3n) is 2.41. The van der Waals surface area contributed by atoms with Crippen molar-refractivity contribution in [1.82, 2.24) is 0 Å². The van der Waals surface area contributed by atoms with Crippen molar-refractivity contribution >= 4 is 27.5 Å². The van der Waals surface area contributed by atoms with Gasteiger partial charge in [0.2, 0.25) is 0 Å². The molecule has 1 fully saturated rings. The highest BCUT2D eigenvalue weighted by atomic mass is 79.9. The molecule has 0 atom stereocenters. The molecule has 1 aliphatic rings. The van der Waals surface area contributed by atoms with E-state index in [-0.39, 0.29) is 5.41 Å².